The van der Waals surface area contributed by atoms with Crippen molar-refractivity contribution >= 4 is 16.3 Å². The molecule has 0 radical (unpaired) electrons. The maximum absolute atomic E-state index is 13.2. The SMILES string of the molecule is CCCCCCCCCCC/C=C\CCCCCCCCC(O)C(=O)NC(COC1OC(CO)C(O)C(OS(=O)(=O)O)C1O)C(O)CCCCCCCCCCCCCCCC. The van der Waals surface area contributed by atoms with Crippen molar-refractivity contribution in [2.75, 3.05) is 13.2 Å². The van der Waals surface area contributed by atoms with Crippen LogP contribution in [0.1, 0.15) is 226 Å². The Morgan fingerprint density at radius 2 is 1.03 bits per heavy atom. The van der Waals surface area contributed by atoms with E-state index in [2.05, 4.69) is 35.5 Å². The monoisotopic (exact) mass is 908 g/mol. The highest BCUT2D eigenvalue weighted by Crippen LogP contribution is 2.26. The summed E-state index contributed by atoms with van der Waals surface area (Å²) in [5.41, 5.74) is 0. The molecule has 1 saturated heterocycles. The molecule has 14 heteroatoms. The van der Waals surface area contributed by atoms with Crippen molar-refractivity contribution in [2.45, 2.75) is 275 Å². The van der Waals surface area contributed by atoms with Gasteiger partial charge < -0.3 is 40.3 Å². The zero-order valence-corrected chi connectivity index (χ0v) is 39.9. The van der Waals surface area contributed by atoms with Crippen molar-refractivity contribution in [3.63, 3.8) is 0 Å². The van der Waals surface area contributed by atoms with Crippen LogP contribution < -0.4 is 5.32 Å². The third kappa shape index (κ3) is 30.8. The summed E-state index contributed by atoms with van der Waals surface area (Å²) in [5.74, 6) is -0.672. The summed E-state index contributed by atoms with van der Waals surface area (Å²) in [6, 6.07) is -1.03. The lowest BCUT2D eigenvalue weighted by atomic mass is 9.99. The van der Waals surface area contributed by atoms with Gasteiger partial charge in [-0.2, -0.15) is 8.42 Å². The summed E-state index contributed by atoms with van der Waals surface area (Å²) in [6.45, 7) is 3.29. The van der Waals surface area contributed by atoms with E-state index >= 15 is 0 Å². The minimum atomic E-state index is -5.11. The van der Waals surface area contributed by atoms with Crippen molar-refractivity contribution in [3.05, 3.63) is 12.2 Å². The molecule has 0 saturated carbocycles. The first-order valence-electron chi connectivity index (χ1n) is 25.2. The molecule has 13 nitrogen and oxygen atoms in total. The standard InChI is InChI=1S/C48H93NO12S/c1-3-5-7-9-11-13-15-17-19-20-21-22-23-25-27-29-31-33-35-37-42(52)47(55)49-40(39-59-48-45(54)46(61-62(56,57)58)44(53)43(38-50)60-48)41(51)36-34-32-30-28-26-24-18-16-14-12-10-8-6-4-2/h21-22,40-46,48,50-54H,3-20,23-39H2,1-2H3,(H,49,55)(H,56,57,58)/b22-21-. The number of rotatable bonds is 43. The van der Waals surface area contributed by atoms with Gasteiger partial charge >= 0.3 is 10.4 Å². The molecule has 368 valence electrons. The summed E-state index contributed by atoms with van der Waals surface area (Å²) in [5, 5.41) is 55.5. The number of hydrogen-bond donors (Lipinski definition) is 7. The maximum atomic E-state index is 13.2. The Morgan fingerprint density at radius 3 is 1.45 bits per heavy atom. The van der Waals surface area contributed by atoms with Gasteiger partial charge in [-0.1, -0.05) is 199 Å². The Bertz CT molecular complexity index is 1180. The highest BCUT2D eigenvalue weighted by atomic mass is 32.3. The summed E-state index contributed by atoms with van der Waals surface area (Å²) < 4.78 is 47.6. The summed E-state index contributed by atoms with van der Waals surface area (Å²) in [6.07, 6.45) is 31.0. The number of allylic oxidation sites excluding steroid dienone is 2. The molecule has 1 amide bonds. The number of carbonyl (C=O) groups excluding carboxylic acids is 1. The van der Waals surface area contributed by atoms with Crippen LogP contribution in [-0.2, 0) is 28.9 Å². The second-order valence-corrected chi connectivity index (χ2v) is 18.9. The molecule has 7 N–H and O–H groups in total. The number of unbranched alkanes of at least 4 members (excludes halogenated alkanes) is 28. The third-order valence-corrected chi connectivity index (χ3v) is 12.6. The van der Waals surface area contributed by atoms with Crippen LogP contribution >= 0.6 is 0 Å². The van der Waals surface area contributed by atoms with Crippen molar-refractivity contribution in [2.24, 2.45) is 0 Å². The van der Waals surface area contributed by atoms with Crippen LogP contribution in [0.15, 0.2) is 12.2 Å². The topological polar surface area (TPSA) is 212 Å². The fraction of sp³-hybridized carbons (Fsp3) is 0.938. The van der Waals surface area contributed by atoms with E-state index in [-0.39, 0.29) is 6.42 Å². The van der Waals surface area contributed by atoms with Crippen molar-refractivity contribution in [1.29, 1.82) is 0 Å². The molecule has 62 heavy (non-hydrogen) atoms. The Kier molecular flexibility index (Phi) is 37.0. The zero-order valence-electron chi connectivity index (χ0n) is 39.1. The minimum Gasteiger partial charge on any atom is -0.394 e. The van der Waals surface area contributed by atoms with Gasteiger partial charge in [0.05, 0.1) is 25.4 Å². The summed E-state index contributed by atoms with van der Waals surface area (Å²) in [4.78, 5) is 13.2. The molecule has 0 bridgehead atoms. The van der Waals surface area contributed by atoms with E-state index < -0.39 is 78.5 Å². The molecule has 0 aromatic heterocycles. The molecule has 1 aliphatic heterocycles. The fourth-order valence-electron chi connectivity index (χ4n) is 8.17. The number of hydrogen-bond acceptors (Lipinski definition) is 11. The van der Waals surface area contributed by atoms with Crippen LogP contribution in [0.25, 0.3) is 0 Å². The normalized spacial score (nSPS) is 21.1. The number of amides is 1. The van der Waals surface area contributed by atoms with Crippen LogP contribution in [0.4, 0.5) is 0 Å². The number of nitrogens with one attached hydrogen (secondary N) is 1. The lowest BCUT2D eigenvalue weighted by Gasteiger charge is -2.41. The van der Waals surface area contributed by atoms with Crippen LogP contribution in [-0.4, -0.2) is 107 Å². The van der Waals surface area contributed by atoms with Gasteiger partial charge in [-0.3, -0.25) is 9.35 Å². The van der Waals surface area contributed by atoms with E-state index in [4.69, 9.17) is 9.47 Å². The second kappa shape index (κ2) is 39.0. The molecular weight excluding hydrogens is 815 g/mol. The molecule has 1 aliphatic rings. The zero-order chi connectivity index (χ0) is 45.7. The smallest absolute Gasteiger partial charge is 0.394 e. The quantitative estimate of drug-likeness (QED) is 0.0173. The van der Waals surface area contributed by atoms with Gasteiger partial charge in [0.25, 0.3) is 0 Å². The molecule has 0 aromatic carbocycles. The van der Waals surface area contributed by atoms with Crippen LogP contribution in [0, 0.1) is 0 Å². The number of carbonyl (C=O) groups is 1. The highest BCUT2D eigenvalue weighted by molar-refractivity contribution is 7.80. The highest BCUT2D eigenvalue weighted by Gasteiger charge is 2.48. The van der Waals surface area contributed by atoms with Gasteiger partial charge in [0.1, 0.15) is 30.5 Å². The second-order valence-electron chi connectivity index (χ2n) is 17.9. The van der Waals surface area contributed by atoms with Gasteiger partial charge in [0, 0.05) is 0 Å². The largest absolute Gasteiger partial charge is 0.397 e. The average molecular weight is 908 g/mol. The fourth-order valence-corrected chi connectivity index (χ4v) is 8.68. The van der Waals surface area contributed by atoms with Gasteiger partial charge in [-0.25, -0.2) is 4.18 Å². The lowest BCUT2D eigenvalue weighted by molar-refractivity contribution is -0.298. The summed E-state index contributed by atoms with van der Waals surface area (Å²) >= 11 is 0. The Morgan fingerprint density at radius 1 is 0.629 bits per heavy atom. The van der Waals surface area contributed by atoms with Gasteiger partial charge in [-0.05, 0) is 38.5 Å². The van der Waals surface area contributed by atoms with E-state index in [1.807, 2.05) is 0 Å². The molecular formula is C48H93NO12S. The molecule has 0 aliphatic carbocycles. The molecule has 0 spiro atoms. The first-order chi connectivity index (χ1) is 29.9. The predicted octanol–water partition coefficient (Wildman–Crippen LogP) is 9.31. The Balaban J connectivity index is 2.50. The number of aliphatic hydroxyl groups excluding tert-OH is 5. The van der Waals surface area contributed by atoms with Crippen molar-refractivity contribution < 1.29 is 57.0 Å². The molecule has 8 atom stereocenters. The first kappa shape index (κ1) is 58.8. The molecule has 1 fully saturated rings. The lowest BCUT2D eigenvalue weighted by Crippen LogP contribution is -2.61. The van der Waals surface area contributed by atoms with Gasteiger partial charge in [-0.15, -0.1) is 0 Å². The predicted molar refractivity (Wildman–Crippen MR) is 247 cm³/mol. The number of ether oxygens (including phenoxy) is 2. The van der Waals surface area contributed by atoms with Crippen LogP contribution in [0.5, 0.6) is 0 Å². The van der Waals surface area contributed by atoms with E-state index in [1.54, 1.807) is 0 Å². The summed E-state index contributed by atoms with van der Waals surface area (Å²) in [7, 11) is -5.11. The van der Waals surface area contributed by atoms with Crippen LogP contribution in [0.3, 0.4) is 0 Å². The molecule has 8 unspecified atom stereocenters. The van der Waals surface area contributed by atoms with E-state index in [0.717, 1.165) is 57.8 Å². The maximum Gasteiger partial charge on any atom is 0.397 e. The van der Waals surface area contributed by atoms with E-state index in [1.165, 1.54) is 128 Å². The van der Waals surface area contributed by atoms with E-state index in [9.17, 15) is 43.3 Å². The van der Waals surface area contributed by atoms with E-state index in [0.29, 0.717) is 19.3 Å². The first-order valence-corrected chi connectivity index (χ1v) is 26.5. The van der Waals surface area contributed by atoms with Crippen molar-refractivity contribution in [3.8, 4) is 0 Å². The Labute approximate surface area is 377 Å². The average Bonchev–Trinajstić information content (AvgIpc) is 3.24. The molecule has 0 aromatic rings. The molecule has 1 heterocycles. The van der Waals surface area contributed by atoms with Gasteiger partial charge in [0.15, 0.2) is 6.29 Å². The van der Waals surface area contributed by atoms with Gasteiger partial charge in [0.2, 0.25) is 5.91 Å². The third-order valence-electron chi connectivity index (χ3n) is 12.2. The molecule has 1 rings (SSSR count). The van der Waals surface area contributed by atoms with Crippen LogP contribution in [0.2, 0.25) is 0 Å². The van der Waals surface area contributed by atoms with Crippen molar-refractivity contribution in [1.82, 2.24) is 5.32 Å². The number of aliphatic hydroxyl groups is 5. The Hall–Kier alpha value is -1.20. The minimum absolute atomic E-state index is 0.255.